The molecular formula is C14H26N4O2S. The summed E-state index contributed by atoms with van der Waals surface area (Å²) in [5, 5.41) is 4.56. The second kappa shape index (κ2) is 6.46. The molecule has 0 spiro atoms. The van der Waals surface area contributed by atoms with Crippen molar-refractivity contribution in [2.45, 2.75) is 32.7 Å². The SMILES string of the molecule is Cc1cc(C)n([C@H]2CCN(CCCS(=O)(=O)N(C)C)C2)n1. The molecule has 1 saturated heterocycles. The van der Waals surface area contributed by atoms with Gasteiger partial charge < -0.3 is 4.90 Å². The Balaban J connectivity index is 1.82. The van der Waals surface area contributed by atoms with Crippen molar-refractivity contribution >= 4 is 10.0 Å². The van der Waals surface area contributed by atoms with Crippen LogP contribution in [0.5, 0.6) is 0 Å². The van der Waals surface area contributed by atoms with E-state index in [1.807, 2.05) is 6.92 Å². The molecule has 1 aliphatic rings. The summed E-state index contributed by atoms with van der Waals surface area (Å²) in [6.45, 7) is 6.92. The van der Waals surface area contributed by atoms with Crippen LogP contribution >= 0.6 is 0 Å². The van der Waals surface area contributed by atoms with Crippen molar-refractivity contribution in [2.75, 3.05) is 39.5 Å². The molecule has 1 aliphatic heterocycles. The molecule has 6 nitrogen and oxygen atoms in total. The molecule has 21 heavy (non-hydrogen) atoms. The molecule has 1 aromatic heterocycles. The molecule has 0 N–H and O–H groups in total. The maximum absolute atomic E-state index is 11.7. The summed E-state index contributed by atoms with van der Waals surface area (Å²) in [5.74, 6) is 0.223. The first-order valence-electron chi connectivity index (χ1n) is 7.45. The predicted octanol–water partition coefficient (Wildman–Crippen LogP) is 1.03. The zero-order valence-electron chi connectivity index (χ0n) is 13.4. The van der Waals surface area contributed by atoms with E-state index in [1.165, 1.54) is 10.00 Å². The van der Waals surface area contributed by atoms with Gasteiger partial charge in [-0.05, 0) is 39.3 Å². The second-order valence-electron chi connectivity index (χ2n) is 6.07. The highest BCUT2D eigenvalue weighted by molar-refractivity contribution is 7.89. The molecule has 1 atom stereocenters. The van der Waals surface area contributed by atoms with Crippen LogP contribution in [0, 0.1) is 13.8 Å². The molecule has 0 bridgehead atoms. The average Bonchev–Trinajstić information content (AvgIpc) is 2.95. The minimum atomic E-state index is -3.07. The lowest BCUT2D eigenvalue weighted by Crippen LogP contribution is -2.29. The lowest BCUT2D eigenvalue weighted by Gasteiger charge is -2.17. The van der Waals surface area contributed by atoms with Gasteiger partial charge in [-0.1, -0.05) is 0 Å². The third-order valence-electron chi connectivity index (χ3n) is 4.07. The van der Waals surface area contributed by atoms with Gasteiger partial charge >= 0.3 is 0 Å². The normalized spacial score (nSPS) is 20.5. The van der Waals surface area contributed by atoms with Crippen molar-refractivity contribution in [1.82, 2.24) is 19.0 Å². The zero-order chi connectivity index (χ0) is 15.6. The highest BCUT2D eigenvalue weighted by atomic mass is 32.2. The molecule has 0 saturated carbocycles. The first-order chi connectivity index (χ1) is 9.79. The Morgan fingerprint density at radius 1 is 1.38 bits per heavy atom. The summed E-state index contributed by atoms with van der Waals surface area (Å²) in [6.07, 6.45) is 1.77. The lowest BCUT2D eigenvalue weighted by atomic mass is 10.2. The number of rotatable bonds is 6. The Hall–Kier alpha value is -0.920. The molecule has 1 fully saturated rings. The van der Waals surface area contributed by atoms with Gasteiger partial charge in [0.05, 0.1) is 17.5 Å². The van der Waals surface area contributed by atoms with Crippen LogP contribution in [0.1, 0.15) is 30.3 Å². The van der Waals surface area contributed by atoms with Gasteiger partial charge in [0.25, 0.3) is 0 Å². The Labute approximate surface area is 127 Å². The molecule has 0 radical (unpaired) electrons. The van der Waals surface area contributed by atoms with E-state index < -0.39 is 10.0 Å². The standard InChI is InChI=1S/C14H26N4O2S/c1-12-10-13(2)18(15-12)14-6-8-17(11-14)7-5-9-21(19,20)16(3)4/h10,14H,5-9,11H2,1-4H3/t14-/m0/s1. The van der Waals surface area contributed by atoms with Gasteiger partial charge in [-0.2, -0.15) is 5.10 Å². The van der Waals surface area contributed by atoms with Crippen molar-refractivity contribution in [2.24, 2.45) is 0 Å². The third kappa shape index (κ3) is 4.05. The van der Waals surface area contributed by atoms with Crippen molar-refractivity contribution in [3.8, 4) is 0 Å². The van der Waals surface area contributed by atoms with Crippen LogP contribution in [-0.4, -0.2) is 66.9 Å². The van der Waals surface area contributed by atoms with Crippen molar-refractivity contribution < 1.29 is 8.42 Å². The van der Waals surface area contributed by atoms with E-state index in [9.17, 15) is 8.42 Å². The van der Waals surface area contributed by atoms with Crippen molar-refractivity contribution in [1.29, 1.82) is 0 Å². The largest absolute Gasteiger partial charge is 0.301 e. The number of likely N-dealkylation sites (tertiary alicyclic amines) is 1. The monoisotopic (exact) mass is 314 g/mol. The molecule has 2 heterocycles. The number of nitrogens with zero attached hydrogens (tertiary/aromatic N) is 4. The average molecular weight is 314 g/mol. The van der Waals surface area contributed by atoms with E-state index in [0.717, 1.165) is 31.7 Å². The number of hydrogen-bond donors (Lipinski definition) is 0. The number of aryl methyl sites for hydroxylation is 2. The van der Waals surface area contributed by atoms with E-state index in [-0.39, 0.29) is 5.75 Å². The van der Waals surface area contributed by atoms with Crippen molar-refractivity contribution in [3.05, 3.63) is 17.5 Å². The summed E-state index contributed by atoms with van der Waals surface area (Å²) >= 11 is 0. The molecule has 0 amide bonds. The van der Waals surface area contributed by atoms with Gasteiger partial charge in [-0.25, -0.2) is 12.7 Å². The molecule has 120 valence electrons. The predicted molar refractivity (Wildman–Crippen MR) is 83.9 cm³/mol. The highest BCUT2D eigenvalue weighted by Gasteiger charge is 2.25. The Morgan fingerprint density at radius 3 is 2.67 bits per heavy atom. The maximum atomic E-state index is 11.7. The summed E-state index contributed by atoms with van der Waals surface area (Å²) < 4.78 is 26.9. The fraction of sp³-hybridized carbons (Fsp3) is 0.786. The van der Waals surface area contributed by atoms with E-state index >= 15 is 0 Å². The van der Waals surface area contributed by atoms with E-state index in [1.54, 1.807) is 14.1 Å². The molecule has 7 heteroatoms. The van der Waals surface area contributed by atoms with Crippen molar-refractivity contribution in [3.63, 3.8) is 0 Å². The molecule has 0 unspecified atom stereocenters. The first-order valence-corrected chi connectivity index (χ1v) is 9.06. The number of aromatic nitrogens is 2. The molecule has 0 aromatic carbocycles. The van der Waals surface area contributed by atoms with Crippen LogP contribution in [-0.2, 0) is 10.0 Å². The fourth-order valence-electron chi connectivity index (χ4n) is 2.88. The Morgan fingerprint density at radius 2 is 2.10 bits per heavy atom. The molecule has 2 rings (SSSR count). The Bertz CT molecular complexity index is 580. The smallest absolute Gasteiger partial charge is 0.213 e. The summed E-state index contributed by atoms with van der Waals surface area (Å²) in [6, 6.07) is 2.52. The highest BCUT2D eigenvalue weighted by Crippen LogP contribution is 2.23. The van der Waals surface area contributed by atoms with Crippen LogP contribution in [0.2, 0.25) is 0 Å². The summed E-state index contributed by atoms with van der Waals surface area (Å²) in [5.41, 5.74) is 2.26. The number of sulfonamides is 1. The Kier molecular flexibility index (Phi) is 5.06. The van der Waals surface area contributed by atoms with Gasteiger partial charge in [0.15, 0.2) is 0 Å². The summed E-state index contributed by atoms with van der Waals surface area (Å²) in [4.78, 5) is 2.34. The molecular weight excluding hydrogens is 288 g/mol. The van der Waals surface area contributed by atoms with Gasteiger partial charge in [0.2, 0.25) is 10.0 Å². The van der Waals surface area contributed by atoms with Crippen LogP contribution in [0.25, 0.3) is 0 Å². The number of hydrogen-bond acceptors (Lipinski definition) is 4. The van der Waals surface area contributed by atoms with Gasteiger partial charge in [0.1, 0.15) is 0 Å². The van der Waals surface area contributed by atoms with Crippen LogP contribution in [0.4, 0.5) is 0 Å². The van der Waals surface area contributed by atoms with Crippen LogP contribution in [0.3, 0.4) is 0 Å². The van der Waals surface area contributed by atoms with Crippen LogP contribution < -0.4 is 0 Å². The minimum absolute atomic E-state index is 0.223. The first kappa shape index (κ1) is 16.5. The van der Waals surface area contributed by atoms with Gasteiger partial charge in [-0.3, -0.25) is 4.68 Å². The van der Waals surface area contributed by atoms with Crippen LogP contribution in [0.15, 0.2) is 6.07 Å². The second-order valence-corrected chi connectivity index (χ2v) is 8.37. The maximum Gasteiger partial charge on any atom is 0.213 e. The quantitative estimate of drug-likeness (QED) is 0.787. The minimum Gasteiger partial charge on any atom is -0.301 e. The fourth-order valence-corrected chi connectivity index (χ4v) is 3.74. The van der Waals surface area contributed by atoms with Gasteiger partial charge in [0, 0.05) is 32.9 Å². The molecule has 0 aliphatic carbocycles. The topological polar surface area (TPSA) is 58.4 Å². The van der Waals surface area contributed by atoms with E-state index in [0.29, 0.717) is 12.5 Å². The molecule has 1 aromatic rings. The zero-order valence-corrected chi connectivity index (χ0v) is 14.2. The van der Waals surface area contributed by atoms with Gasteiger partial charge in [-0.15, -0.1) is 0 Å². The third-order valence-corrected chi connectivity index (χ3v) is 5.99. The van der Waals surface area contributed by atoms with E-state index in [2.05, 4.69) is 27.7 Å². The summed E-state index contributed by atoms with van der Waals surface area (Å²) in [7, 11) is 0.105. The lowest BCUT2D eigenvalue weighted by molar-refractivity contribution is 0.318. The van der Waals surface area contributed by atoms with E-state index in [4.69, 9.17) is 0 Å².